The standard InChI is InChI=1S/C17H21N3O6/c1-10-8-13(20(2)19-10)18-14(21)9-26-17(22)11-6-7-12(23-3)16(25-5)15(11)24-4/h6-8H,9H2,1-5H3,(H,18,21). The van der Waals surface area contributed by atoms with Gasteiger partial charge in [0, 0.05) is 13.1 Å². The number of amides is 1. The van der Waals surface area contributed by atoms with E-state index in [1.165, 1.54) is 32.1 Å². The van der Waals surface area contributed by atoms with Crippen LogP contribution in [0, 0.1) is 6.92 Å². The molecule has 0 spiro atoms. The van der Waals surface area contributed by atoms with Gasteiger partial charge in [-0.05, 0) is 19.1 Å². The molecule has 140 valence electrons. The van der Waals surface area contributed by atoms with E-state index in [2.05, 4.69) is 10.4 Å². The van der Waals surface area contributed by atoms with Crippen LogP contribution >= 0.6 is 0 Å². The molecule has 1 aromatic heterocycles. The van der Waals surface area contributed by atoms with E-state index in [-0.39, 0.29) is 17.1 Å². The molecule has 0 aliphatic rings. The van der Waals surface area contributed by atoms with Crippen LogP contribution in [0.4, 0.5) is 5.82 Å². The van der Waals surface area contributed by atoms with Crippen LogP contribution in [-0.2, 0) is 16.6 Å². The summed E-state index contributed by atoms with van der Waals surface area (Å²) >= 11 is 0. The summed E-state index contributed by atoms with van der Waals surface area (Å²) in [5.74, 6) is 0.135. The maximum absolute atomic E-state index is 12.3. The quantitative estimate of drug-likeness (QED) is 0.745. The van der Waals surface area contributed by atoms with E-state index in [1.54, 1.807) is 26.1 Å². The molecule has 0 aliphatic heterocycles. The van der Waals surface area contributed by atoms with Gasteiger partial charge in [0.15, 0.2) is 18.1 Å². The molecule has 1 N–H and O–H groups in total. The largest absolute Gasteiger partial charge is 0.493 e. The van der Waals surface area contributed by atoms with Gasteiger partial charge < -0.3 is 24.3 Å². The average molecular weight is 363 g/mol. The molecule has 1 heterocycles. The Morgan fingerprint density at radius 1 is 1.12 bits per heavy atom. The maximum Gasteiger partial charge on any atom is 0.342 e. The van der Waals surface area contributed by atoms with Gasteiger partial charge in [0.05, 0.1) is 27.0 Å². The molecule has 0 fully saturated rings. The lowest BCUT2D eigenvalue weighted by Crippen LogP contribution is -2.22. The Morgan fingerprint density at radius 3 is 2.35 bits per heavy atom. The smallest absolute Gasteiger partial charge is 0.342 e. The number of benzene rings is 1. The third-order valence-corrected chi connectivity index (χ3v) is 3.53. The molecule has 2 aromatic rings. The Kier molecular flexibility index (Phi) is 6.05. The highest BCUT2D eigenvalue weighted by molar-refractivity contribution is 5.97. The first kappa shape index (κ1) is 19.1. The summed E-state index contributed by atoms with van der Waals surface area (Å²) < 4.78 is 22.2. The molecule has 0 aliphatic carbocycles. The molecular weight excluding hydrogens is 342 g/mol. The first-order chi connectivity index (χ1) is 12.4. The maximum atomic E-state index is 12.3. The van der Waals surface area contributed by atoms with Crippen LogP contribution < -0.4 is 19.5 Å². The van der Waals surface area contributed by atoms with E-state index >= 15 is 0 Å². The molecular formula is C17H21N3O6. The number of hydrogen-bond donors (Lipinski definition) is 1. The molecule has 26 heavy (non-hydrogen) atoms. The van der Waals surface area contributed by atoms with Crippen molar-refractivity contribution in [2.75, 3.05) is 33.3 Å². The molecule has 9 heteroatoms. The predicted octanol–water partition coefficient (Wildman–Crippen LogP) is 1.55. The SMILES string of the molecule is COc1ccc(C(=O)OCC(=O)Nc2cc(C)nn2C)c(OC)c1OC. The third kappa shape index (κ3) is 4.05. The average Bonchev–Trinajstić information content (AvgIpc) is 2.94. The Morgan fingerprint density at radius 2 is 1.81 bits per heavy atom. The van der Waals surface area contributed by atoms with Crippen LogP contribution in [0.2, 0.25) is 0 Å². The summed E-state index contributed by atoms with van der Waals surface area (Å²) in [7, 11) is 5.99. The van der Waals surface area contributed by atoms with Crippen molar-refractivity contribution in [3.63, 3.8) is 0 Å². The molecule has 0 radical (unpaired) electrons. The molecule has 0 bridgehead atoms. The second-order valence-electron chi connectivity index (χ2n) is 5.30. The van der Waals surface area contributed by atoms with E-state index in [4.69, 9.17) is 18.9 Å². The summed E-state index contributed by atoms with van der Waals surface area (Å²) in [5.41, 5.74) is 0.879. The van der Waals surface area contributed by atoms with Crippen LogP contribution in [0.5, 0.6) is 17.2 Å². The van der Waals surface area contributed by atoms with Gasteiger partial charge in [-0.2, -0.15) is 5.10 Å². The zero-order chi connectivity index (χ0) is 19.3. The number of anilines is 1. The van der Waals surface area contributed by atoms with E-state index < -0.39 is 18.5 Å². The first-order valence-corrected chi connectivity index (χ1v) is 7.67. The third-order valence-electron chi connectivity index (χ3n) is 3.53. The number of esters is 1. The Bertz CT molecular complexity index is 815. The first-order valence-electron chi connectivity index (χ1n) is 7.67. The number of nitrogens with zero attached hydrogens (tertiary/aromatic N) is 2. The Labute approximate surface area is 150 Å². The van der Waals surface area contributed by atoms with Gasteiger partial charge >= 0.3 is 5.97 Å². The fourth-order valence-electron chi connectivity index (χ4n) is 2.38. The zero-order valence-corrected chi connectivity index (χ0v) is 15.3. The van der Waals surface area contributed by atoms with Crippen molar-refractivity contribution in [1.82, 2.24) is 9.78 Å². The molecule has 2 rings (SSSR count). The van der Waals surface area contributed by atoms with Gasteiger partial charge in [-0.25, -0.2) is 4.79 Å². The van der Waals surface area contributed by atoms with Crippen molar-refractivity contribution >= 4 is 17.7 Å². The van der Waals surface area contributed by atoms with Gasteiger partial charge in [-0.15, -0.1) is 0 Å². The van der Waals surface area contributed by atoms with Gasteiger partial charge in [0.2, 0.25) is 5.75 Å². The minimum atomic E-state index is -0.723. The molecule has 9 nitrogen and oxygen atoms in total. The number of ether oxygens (including phenoxy) is 4. The Balaban J connectivity index is 2.08. The van der Waals surface area contributed by atoms with Gasteiger partial charge in [-0.1, -0.05) is 0 Å². The lowest BCUT2D eigenvalue weighted by molar-refractivity contribution is -0.119. The second-order valence-corrected chi connectivity index (χ2v) is 5.30. The molecule has 1 aromatic carbocycles. The number of aryl methyl sites for hydroxylation is 2. The summed E-state index contributed by atoms with van der Waals surface area (Å²) in [6, 6.07) is 4.73. The van der Waals surface area contributed by atoms with Gasteiger partial charge in [0.1, 0.15) is 11.4 Å². The highest BCUT2D eigenvalue weighted by atomic mass is 16.5. The highest BCUT2D eigenvalue weighted by Gasteiger charge is 2.22. The zero-order valence-electron chi connectivity index (χ0n) is 15.3. The number of rotatable bonds is 7. The van der Waals surface area contributed by atoms with Crippen molar-refractivity contribution in [3.8, 4) is 17.2 Å². The summed E-state index contributed by atoms with van der Waals surface area (Å²) in [5, 5.41) is 6.73. The minimum Gasteiger partial charge on any atom is -0.493 e. The van der Waals surface area contributed by atoms with Crippen molar-refractivity contribution < 1.29 is 28.5 Å². The number of hydrogen-bond acceptors (Lipinski definition) is 7. The normalized spacial score (nSPS) is 10.2. The minimum absolute atomic E-state index is 0.120. The second kappa shape index (κ2) is 8.24. The topological polar surface area (TPSA) is 101 Å². The van der Waals surface area contributed by atoms with Crippen LogP contribution in [0.3, 0.4) is 0 Å². The molecule has 0 unspecified atom stereocenters. The van der Waals surface area contributed by atoms with E-state index in [1.807, 2.05) is 0 Å². The molecule has 0 atom stereocenters. The fraction of sp³-hybridized carbons (Fsp3) is 0.353. The number of nitrogens with one attached hydrogen (secondary N) is 1. The van der Waals surface area contributed by atoms with Crippen LogP contribution in [0.25, 0.3) is 0 Å². The van der Waals surface area contributed by atoms with Crippen molar-refractivity contribution in [1.29, 1.82) is 0 Å². The monoisotopic (exact) mass is 363 g/mol. The lowest BCUT2D eigenvalue weighted by atomic mass is 10.1. The summed E-state index contributed by atoms with van der Waals surface area (Å²) in [6.45, 7) is 1.35. The number of carbonyl (C=O) groups excluding carboxylic acids is 2. The number of carbonyl (C=O) groups is 2. The van der Waals surface area contributed by atoms with Crippen molar-refractivity contribution in [2.45, 2.75) is 6.92 Å². The van der Waals surface area contributed by atoms with Crippen LogP contribution in [0.1, 0.15) is 16.1 Å². The van der Waals surface area contributed by atoms with E-state index in [0.29, 0.717) is 11.6 Å². The van der Waals surface area contributed by atoms with Gasteiger partial charge in [0.25, 0.3) is 5.91 Å². The summed E-state index contributed by atoms with van der Waals surface area (Å²) in [6.07, 6.45) is 0. The van der Waals surface area contributed by atoms with E-state index in [0.717, 1.165) is 5.69 Å². The van der Waals surface area contributed by atoms with Crippen molar-refractivity contribution in [2.24, 2.45) is 7.05 Å². The lowest BCUT2D eigenvalue weighted by Gasteiger charge is -2.15. The predicted molar refractivity (Wildman–Crippen MR) is 93.0 cm³/mol. The number of methoxy groups -OCH3 is 3. The Hall–Kier alpha value is -3.23. The van der Waals surface area contributed by atoms with Crippen LogP contribution in [0.15, 0.2) is 18.2 Å². The van der Waals surface area contributed by atoms with E-state index in [9.17, 15) is 9.59 Å². The molecule has 1 amide bonds. The number of aromatic nitrogens is 2. The summed E-state index contributed by atoms with van der Waals surface area (Å²) in [4.78, 5) is 24.3. The molecule has 0 saturated carbocycles. The van der Waals surface area contributed by atoms with Crippen molar-refractivity contribution in [3.05, 3.63) is 29.5 Å². The molecule has 0 saturated heterocycles. The van der Waals surface area contributed by atoms with Crippen LogP contribution in [-0.4, -0.2) is 49.6 Å². The fourth-order valence-corrected chi connectivity index (χ4v) is 2.38. The van der Waals surface area contributed by atoms with Gasteiger partial charge in [-0.3, -0.25) is 9.48 Å². The highest BCUT2D eigenvalue weighted by Crippen LogP contribution is 2.39.